The van der Waals surface area contributed by atoms with Gasteiger partial charge in [-0.15, -0.1) is 0 Å². The number of nitrogens with one attached hydrogen (secondary N) is 2. The predicted octanol–water partition coefficient (Wildman–Crippen LogP) is 11.0. The second-order valence-corrected chi connectivity index (χ2v) is 13.6. The van der Waals surface area contributed by atoms with Crippen LogP contribution in [-0.4, -0.2) is 39.6 Å². The third kappa shape index (κ3) is 6.90. The fraction of sp³-hybridized carbons (Fsp3) is 0. The Kier molecular flexibility index (Phi) is 10.2. The first-order chi connectivity index (χ1) is 29.1. The molecule has 7 aromatic rings. The third-order valence-electron chi connectivity index (χ3n) is 10.2. The van der Waals surface area contributed by atoms with Crippen LogP contribution in [0, 0.1) is 40.5 Å². The van der Waals surface area contributed by atoms with Gasteiger partial charge in [-0.3, -0.25) is 40.5 Å². The van der Waals surface area contributed by atoms with Gasteiger partial charge in [0.2, 0.25) is 0 Å². The Hall–Kier alpha value is -8.41. The zero-order valence-corrected chi connectivity index (χ0v) is 32.2. The molecule has 9 rings (SSSR count). The molecule has 5 heterocycles. The average Bonchev–Trinajstić information content (AvgIpc) is 4.09. The molecule has 299 valence electrons. The molecule has 1 radical (unpaired) electrons. The molecule has 61 heavy (non-hydrogen) atoms. The molecule has 0 unspecified atom stereocenters. The van der Waals surface area contributed by atoms with E-state index in [1.807, 2.05) is 0 Å². The Morgan fingerprint density at radius 3 is 0.770 bits per heavy atom. The first-order valence-corrected chi connectivity index (χ1v) is 18.2. The predicted molar refractivity (Wildman–Crippen MR) is 227 cm³/mol. The molecule has 2 N–H and O–H groups in total. The van der Waals surface area contributed by atoms with Crippen molar-refractivity contribution in [3.63, 3.8) is 0 Å². The van der Waals surface area contributed by atoms with Gasteiger partial charge >= 0.3 is 0 Å². The van der Waals surface area contributed by atoms with Crippen molar-refractivity contribution in [3.05, 3.63) is 185 Å². The summed E-state index contributed by atoms with van der Waals surface area (Å²) in [6.45, 7) is 0. The van der Waals surface area contributed by atoms with Gasteiger partial charge in [0.1, 0.15) is 0 Å². The molecule has 17 heteroatoms. The maximum atomic E-state index is 12.5. The zero-order chi connectivity index (χ0) is 41.7. The average molecular weight is 854 g/mol. The quantitative estimate of drug-likeness (QED) is 0.108. The van der Waals surface area contributed by atoms with E-state index >= 15 is 0 Å². The van der Waals surface area contributed by atoms with Crippen LogP contribution in [-0.2, 0) is 16.8 Å². The van der Waals surface area contributed by atoms with Crippen molar-refractivity contribution >= 4 is 69.1 Å². The minimum atomic E-state index is -0.508. The molecule has 2 aliphatic heterocycles. The number of rotatable bonds is 8. The van der Waals surface area contributed by atoms with Gasteiger partial charge in [-0.05, 0) is 72.8 Å². The van der Waals surface area contributed by atoms with Gasteiger partial charge < -0.3 is 9.97 Å². The summed E-state index contributed by atoms with van der Waals surface area (Å²) in [5, 5.41) is 50.0. The number of hydrogen-bond acceptors (Lipinski definition) is 10. The SMILES string of the molecule is O=[N+]([O-])c1ccccc1-c1c2nc(c(-c3ccccc3[N+](=O)[O-])c3ccc([nH]3)c(-c3ccccc3[N+](=O)[O-])c3nc(c(-c4ccccc4[N+](=O)[O-])c4ccc1[nH]4)C=C3)C=C2.[Co]. The molecule has 0 saturated heterocycles. The number of nitrogens with zero attached hydrogens (tertiary/aromatic N) is 6. The van der Waals surface area contributed by atoms with Crippen molar-refractivity contribution in [2.45, 2.75) is 0 Å². The standard InChI is InChI=1S/C44H26N8O8.Co/c53-49(54)37-13-5-1-9-25(37)41-29-17-19-31(45-29)42(26-10-2-6-14-38(26)50(55)56)33-21-23-35(47-33)44(28-12-4-8-16-40(28)52(59)60)36-24-22-34(48-36)43(32-20-18-30(41)46-32)27-11-3-7-15-39(27)51(57)58;/h1-24,45,48H;. The number of nitro benzene ring substituents is 4. The molecule has 8 bridgehead atoms. The maximum absolute atomic E-state index is 12.5. The smallest absolute Gasteiger partial charge is 0.277 e. The van der Waals surface area contributed by atoms with Crippen LogP contribution in [0.4, 0.5) is 22.7 Å². The fourth-order valence-corrected chi connectivity index (χ4v) is 7.72. The summed E-state index contributed by atoms with van der Waals surface area (Å²) in [5.41, 5.74) is 3.74. The molecule has 0 saturated carbocycles. The number of H-pyrrole nitrogens is 2. The molecule has 0 amide bonds. The van der Waals surface area contributed by atoms with E-state index < -0.39 is 19.7 Å². The minimum absolute atomic E-state index is 0. The van der Waals surface area contributed by atoms with Crippen molar-refractivity contribution in [1.82, 2.24) is 19.9 Å². The van der Waals surface area contributed by atoms with Crippen LogP contribution in [0.1, 0.15) is 22.8 Å². The van der Waals surface area contributed by atoms with E-state index in [0.29, 0.717) is 44.3 Å². The molecule has 0 spiro atoms. The molecule has 0 aliphatic carbocycles. The summed E-state index contributed by atoms with van der Waals surface area (Å²) in [5.74, 6) is 0. The van der Waals surface area contributed by atoms with Crippen LogP contribution in [0.15, 0.2) is 121 Å². The van der Waals surface area contributed by atoms with Gasteiger partial charge in [0.25, 0.3) is 22.7 Å². The molecule has 2 aliphatic rings. The molecule has 3 aromatic heterocycles. The van der Waals surface area contributed by atoms with E-state index in [1.165, 1.54) is 24.3 Å². The molecule has 0 atom stereocenters. The first-order valence-electron chi connectivity index (χ1n) is 18.2. The monoisotopic (exact) mass is 853 g/mol. The van der Waals surface area contributed by atoms with Gasteiger partial charge in [0.05, 0.1) is 64.7 Å². The van der Waals surface area contributed by atoms with Crippen molar-refractivity contribution in [1.29, 1.82) is 0 Å². The number of fused-ring (bicyclic) bond motifs is 8. The molecule has 16 nitrogen and oxygen atoms in total. The minimum Gasteiger partial charge on any atom is -0.354 e. The van der Waals surface area contributed by atoms with Gasteiger partial charge in [-0.1, -0.05) is 48.5 Å². The second kappa shape index (κ2) is 15.7. The van der Waals surface area contributed by atoms with Gasteiger partial charge in [0, 0.05) is 85.4 Å². The number of aromatic amines is 2. The fourth-order valence-electron chi connectivity index (χ4n) is 7.72. The number of nitro groups is 4. The van der Waals surface area contributed by atoms with Crippen molar-refractivity contribution < 1.29 is 36.5 Å². The molecular formula is C44H26CoN8O8. The van der Waals surface area contributed by atoms with E-state index in [4.69, 9.17) is 9.97 Å². The summed E-state index contributed by atoms with van der Waals surface area (Å²) in [4.78, 5) is 64.7. The summed E-state index contributed by atoms with van der Waals surface area (Å²) >= 11 is 0. The summed E-state index contributed by atoms with van der Waals surface area (Å²) in [7, 11) is 0. The van der Waals surface area contributed by atoms with Crippen LogP contribution >= 0.6 is 0 Å². The molecular weight excluding hydrogens is 827 g/mol. The number of aromatic nitrogens is 4. The van der Waals surface area contributed by atoms with Crippen LogP contribution in [0.3, 0.4) is 0 Å². The van der Waals surface area contributed by atoms with Crippen LogP contribution in [0.5, 0.6) is 0 Å². The van der Waals surface area contributed by atoms with Gasteiger partial charge in [0.15, 0.2) is 0 Å². The van der Waals surface area contributed by atoms with Crippen molar-refractivity contribution in [2.75, 3.05) is 0 Å². The van der Waals surface area contributed by atoms with E-state index in [1.54, 1.807) is 121 Å². The Morgan fingerprint density at radius 2 is 0.557 bits per heavy atom. The topological polar surface area (TPSA) is 230 Å². The summed E-state index contributed by atoms with van der Waals surface area (Å²) in [6.07, 6.45) is 6.61. The van der Waals surface area contributed by atoms with Gasteiger partial charge in [-0.2, -0.15) is 0 Å². The van der Waals surface area contributed by atoms with Crippen molar-refractivity contribution in [2.24, 2.45) is 0 Å². The van der Waals surface area contributed by atoms with E-state index in [0.717, 1.165) is 0 Å². The Morgan fingerprint density at radius 1 is 0.344 bits per heavy atom. The summed E-state index contributed by atoms with van der Waals surface area (Å²) in [6, 6.07) is 31.3. The number of benzene rings is 4. The maximum Gasteiger partial charge on any atom is 0.277 e. The number of para-hydroxylation sites is 4. The van der Waals surface area contributed by atoms with Crippen LogP contribution < -0.4 is 0 Å². The Balaban J connectivity index is 0.00000514. The Bertz CT molecular complexity index is 2840. The van der Waals surface area contributed by atoms with Gasteiger partial charge in [-0.25, -0.2) is 9.97 Å². The van der Waals surface area contributed by atoms with E-state index in [2.05, 4.69) is 9.97 Å². The van der Waals surface area contributed by atoms with E-state index in [9.17, 15) is 40.5 Å². The largest absolute Gasteiger partial charge is 0.354 e. The van der Waals surface area contributed by atoms with Crippen LogP contribution in [0.25, 0.3) is 90.9 Å². The normalized spacial score (nSPS) is 11.5. The zero-order valence-electron chi connectivity index (χ0n) is 31.1. The second-order valence-electron chi connectivity index (χ2n) is 13.6. The third-order valence-corrected chi connectivity index (χ3v) is 10.2. The first kappa shape index (κ1) is 39.4. The summed E-state index contributed by atoms with van der Waals surface area (Å²) < 4.78 is 0. The van der Waals surface area contributed by atoms with Crippen LogP contribution in [0.2, 0.25) is 0 Å². The number of hydrogen-bond donors (Lipinski definition) is 2. The molecule has 0 fully saturated rings. The van der Waals surface area contributed by atoms with E-state index in [-0.39, 0.29) is 84.6 Å². The molecule has 4 aromatic carbocycles. The van der Waals surface area contributed by atoms with Crippen molar-refractivity contribution in [3.8, 4) is 44.5 Å². The Labute approximate surface area is 353 Å².